The van der Waals surface area contributed by atoms with Crippen molar-refractivity contribution >= 4 is 35.4 Å². The topological polar surface area (TPSA) is 91.8 Å². The molecular weight excluding hydrogens is 370 g/mol. The van der Waals surface area contributed by atoms with Crippen LogP contribution in [0, 0.1) is 4.77 Å². The lowest BCUT2D eigenvalue weighted by Gasteiger charge is -2.09. The Labute approximate surface area is 159 Å². The molecule has 0 aliphatic carbocycles. The number of benzene rings is 1. The summed E-state index contributed by atoms with van der Waals surface area (Å²) in [6.45, 7) is 1.98. The molecule has 0 fully saturated rings. The highest BCUT2D eigenvalue weighted by Gasteiger charge is 2.14. The number of aromatic amines is 1. The standard InChI is InChI=1S/C17H17N5O2S2/c1-2-11-5-7-12(8-6-11)16(24)20-18-14(23)10-22-15(19-21-17(22)25)13-4-3-9-26-13/h3-9H,2,10H2,1H3,(H,18,23)(H,20,24)(H,21,25). The van der Waals surface area contributed by atoms with Crippen LogP contribution in [0.1, 0.15) is 22.8 Å². The summed E-state index contributed by atoms with van der Waals surface area (Å²) in [5, 5.41) is 8.76. The predicted octanol–water partition coefficient (Wildman–Crippen LogP) is 2.69. The minimum absolute atomic E-state index is 0.0579. The summed E-state index contributed by atoms with van der Waals surface area (Å²) < 4.78 is 1.92. The molecule has 7 nitrogen and oxygen atoms in total. The zero-order valence-electron chi connectivity index (χ0n) is 14.0. The maximum atomic E-state index is 12.2. The highest BCUT2D eigenvalue weighted by atomic mass is 32.1. The van der Waals surface area contributed by atoms with Gasteiger partial charge in [-0.3, -0.25) is 30.1 Å². The van der Waals surface area contributed by atoms with Gasteiger partial charge in [-0.05, 0) is 47.8 Å². The van der Waals surface area contributed by atoms with Crippen LogP contribution in [0.15, 0.2) is 41.8 Å². The number of nitrogens with one attached hydrogen (secondary N) is 3. The molecule has 134 valence electrons. The second-order valence-corrected chi connectivity index (χ2v) is 6.80. The molecule has 0 spiro atoms. The normalized spacial score (nSPS) is 10.5. The number of H-pyrrole nitrogens is 1. The minimum Gasteiger partial charge on any atom is -0.290 e. The summed E-state index contributed by atoms with van der Waals surface area (Å²) in [5.74, 6) is -0.198. The van der Waals surface area contributed by atoms with E-state index in [1.165, 1.54) is 11.3 Å². The van der Waals surface area contributed by atoms with Crippen molar-refractivity contribution in [2.24, 2.45) is 0 Å². The summed E-state index contributed by atoms with van der Waals surface area (Å²) in [4.78, 5) is 25.2. The SMILES string of the molecule is CCc1ccc(C(=O)NNC(=O)Cn2c(-c3cccs3)n[nH]c2=S)cc1. The van der Waals surface area contributed by atoms with Crippen molar-refractivity contribution < 1.29 is 9.59 Å². The van der Waals surface area contributed by atoms with Crippen LogP contribution in [-0.2, 0) is 17.8 Å². The van der Waals surface area contributed by atoms with Crippen LogP contribution in [0.2, 0.25) is 0 Å². The van der Waals surface area contributed by atoms with Crippen molar-refractivity contribution in [3.63, 3.8) is 0 Å². The van der Waals surface area contributed by atoms with Gasteiger partial charge in [-0.1, -0.05) is 25.1 Å². The van der Waals surface area contributed by atoms with E-state index < -0.39 is 5.91 Å². The molecule has 0 bridgehead atoms. The molecule has 0 aliphatic heterocycles. The van der Waals surface area contributed by atoms with E-state index in [1.807, 2.05) is 36.6 Å². The van der Waals surface area contributed by atoms with Gasteiger partial charge in [0.15, 0.2) is 10.6 Å². The second kappa shape index (κ2) is 8.07. The average Bonchev–Trinajstić information content (AvgIpc) is 3.30. The number of hydrogen-bond donors (Lipinski definition) is 3. The Morgan fingerprint density at radius 1 is 1.23 bits per heavy atom. The number of rotatable bonds is 5. The van der Waals surface area contributed by atoms with Gasteiger partial charge in [-0.15, -0.1) is 11.3 Å². The van der Waals surface area contributed by atoms with Crippen molar-refractivity contribution in [3.8, 4) is 10.7 Å². The Morgan fingerprint density at radius 3 is 2.65 bits per heavy atom. The van der Waals surface area contributed by atoms with Crippen LogP contribution < -0.4 is 10.9 Å². The third-order valence-electron chi connectivity index (χ3n) is 3.74. The maximum absolute atomic E-state index is 12.2. The number of aryl methyl sites for hydroxylation is 1. The van der Waals surface area contributed by atoms with Gasteiger partial charge in [0.05, 0.1) is 4.88 Å². The van der Waals surface area contributed by atoms with Gasteiger partial charge in [0.2, 0.25) is 0 Å². The molecule has 1 aromatic carbocycles. The summed E-state index contributed by atoms with van der Waals surface area (Å²) in [6.07, 6.45) is 0.899. The molecule has 3 aromatic rings. The number of carbonyl (C=O) groups excluding carboxylic acids is 2. The fourth-order valence-electron chi connectivity index (χ4n) is 2.33. The molecule has 0 atom stereocenters. The van der Waals surface area contributed by atoms with E-state index in [1.54, 1.807) is 16.7 Å². The summed E-state index contributed by atoms with van der Waals surface area (Å²) in [6, 6.07) is 11.0. The van der Waals surface area contributed by atoms with E-state index in [4.69, 9.17) is 12.2 Å². The molecule has 0 saturated carbocycles. The van der Waals surface area contributed by atoms with E-state index in [9.17, 15) is 9.59 Å². The minimum atomic E-state index is -0.404. The van der Waals surface area contributed by atoms with Crippen molar-refractivity contribution in [1.82, 2.24) is 25.6 Å². The van der Waals surface area contributed by atoms with Crippen molar-refractivity contribution in [1.29, 1.82) is 0 Å². The molecule has 9 heteroatoms. The van der Waals surface area contributed by atoms with Gasteiger partial charge in [-0.25, -0.2) is 0 Å². The Balaban J connectivity index is 1.62. The third-order valence-corrected chi connectivity index (χ3v) is 4.92. The van der Waals surface area contributed by atoms with E-state index in [2.05, 4.69) is 21.0 Å². The molecule has 2 aromatic heterocycles. The number of hydrazine groups is 1. The molecule has 0 radical (unpaired) electrons. The number of thiophene rings is 1. The highest BCUT2D eigenvalue weighted by Crippen LogP contribution is 2.22. The van der Waals surface area contributed by atoms with Crippen LogP contribution in [0.3, 0.4) is 0 Å². The fourth-order valence-corrected chi connectivity index (χ4v) is 3.25. The third kappa shape index (κ3) is 4.06. The first-order chi connectivity index (χ1) is 12.6. The monoisotopic (exact) mass is 387 g/mol. The lowest BCUT2D eigenvalue weighted by molar-refractivity contribution is -0.122. The van der Waals surface area contributed by atoms with Gasteiger partial charge in [0.25, 0.3) is 11.8 Å². The van der Waals surface area contributed by atoms with Gasteiger partial charge in [0, 0.05) is 5.56 Å². The van der Waals surface area contributed by atoms with Crippen molar-refractivity contribution in [3.05, 3.63) is 57.7 Å². The number of nitrogens with zero attached hydrogens (tertiary/aromatic N) is 2. The van der Waals surface area contributed by atoms with Gasteiger partial charge in [-0.2, -0.15) is 5.10 Å². The first-order valence-corrected chi connectivity index (χ1v) is 9.24. The van der Waals surface area contributed by atoms with Gasteiger partial charge in [0.1, 0.15) is 6.54 Å². The Morgan fingerprint density at radius 2 is 2.00 bits per heavy atom. The maximum Gasteiger partial charge on any atom is 0.269 e. The van der Waals surface area contributed by atoms with Gasteiger partial charge >= 0.3 is 0 Å². The summed E-state index contributed by atoms with van der Waals surface area (Å²) >= 11 is 6.68. The molecular formula is C17H17N5O2S2. The zero-order valence-corrected chi connectivity index (χ0v) is 15.6. The lowest BCUT2D eigenvalue weighted by atomic mass is 10.1. The summed E-state index contributed by atoms with van der Waals surface area (Å²) in [7, 11) is 0. The molecule has 2 heterocycles. The van der Waals surface area contributed by atoms with Crippen LogP contribution in [-0.4, -0.2) is 26.6 Å². The molecule has 3 rings (SSSR count). The fraction of sp³-hybridized carbons (Fsp3) is 0.176. The largest absolute Gasteiger partial charge is 0.290 e. The molecule has 0 unspecified atom stereocenters. The molecule has 3 N–H and O–H groups in total. The van der Waals surface area contributed by atoms with E-state index in [0.29, 0.717) is 16.2 Å². The highest BCUT2D eigenvalue weighted by molar-refractivity contribution is 7.71. The number of aromatic nitrogens is 3. The van der Waals surface area contributed by atoms with E-state index >= 15 is 0 Å². The Bertz CT molecular complexity index is 958. The van der Waals surface area contributed by atoms with Crippen molar-refractivity contribution in [2.45, 2.75) is 19.9 Å². The Hall–Kier alpha value is -2.78. The molecule has 0 saturated heterocycles. The average molecular weight is 387 g/mol. The number of carbonyl (C=O) groups is 2. The number of hydrogen-bond acceptors (Lipinski definition) is 5. The van der Waals surface area contributed by atoms with Crippen molar-refractivity contribution in [2.75, 3.05) is 0 Å². The van der Waals surface area contributed by atoms with E-state index in [-0.39, 0.29) is 12.5 Å². The Kier molecular flexibility index (Phi) is 5.59. The van der Waals surface area contributed by atoms with Gasteiger partial charge < -0.3 is 0 Å². The zero-order chi connectivity index (χ0) is 18.5. The van der Waals surface area contributed by atoms with Crippen LogP contribution in [0.25, 0.3) is 10.7 Å². The predicted molar refractivity (Wildman–Crippen MR) is 102 cm³/mol. The van der Waals surface area contributed by atoms with Crippen LogP contribution >= 0.6 is 23.6 Å². The quantitative estimate of drug-likeness (QED) is 0.464. The lowest BCUT2D eigenvalue weighted by Crippen LogP contribution is -2.43. The molecule has 2 amide bonds. The van der Waals surface area contributed by atoms with Crippen LogP contribution in [0.5, 0.6) is 0 Å². The molecule has 26 heavy (non-hydrogen) atoms. The van der Waals surface area contributed by atoms with E-state index in [0.717, 1.165) is 16.9 Å². The smallest absolute Gasteiger partial charge is 0.269 e. The first kappa shape index (κ1) is 18.0. The number of amides is 2. The molecule has 0 aliphatic rings. The summed E-state index contributed by atoms with van der Waals surface area (Å²) in [5.41, 5.74) is 6.43. The first-order valence-electron chi connectivity index (χ1n) is 7.95. The second-order valence-electron chi connectivity index (χ2n) is 5.47. The van der Waals surface area contributed by atoms with Crippen LogP contribution in [0.4, 0.5) is 0 Å².